The molecular weight excluding hydrogens is 290 g/mol. The van der Waals surface area contributed by atoms with Crippen LogP contribution in [0.4, 0.5) is 0 Å². The Morgan fingerprint density at radius 3 is 2.76 bits per heavy atom. The number of aliphatic carboxylic acids is 1. The van der Waals surface area contributed by atoms with Gasteiger partial charge in [0.25, 0.3) is 0 Å². The van der Waals surface area contributed by atoms with Gasteiger partial charge in [0, 0.05) is 11.3 Å². The van der Waals surface area contributed by atoms with Crippen molar-refractivity contribution in [3.05, 3.63) is 46.4 Å². The molecule has 0 amide bonds. The number of carbonyl (C=O) groups is 1. The average molecular weight is 305 g/mol. The van der Waals surface area contributed by atoms with Crippen molar-refractivity contribution in [1.29, 1.82) is 0 Å². The summed E-state index contributed by atoms with van der Waals surface area (Å²) in [4.78, 5) is 22.9. The fraction of sp³-hybridized carbons (Fsp3) is 0.357. The van der Waals surface area contributed by atoms with E-state index in [9.17, 15) is 9.59 Å². The molecule has 1 saturated carbocycles. The summed E-state index contributed by atoms with van der Waals surface area (Å²) in [5, 5.41) is 15.9. The molecule has 1 unspecified atom stereocenters. The Bertz CT molecular complexity index is 691. The molecule has 1 aromatic carbocycles. The number of thioether (sulfide) groups is 1. The molecular formula is C14H15N3O3S. The SMILES string of the molecule is O=C(O)CC(Sc1n[nH]c(=O)n1C1CC1)c1ccccc1. The van der Waals surface area contributed by atoms with Crippen LogP contribution in [0.15, 0.2) is 40.3 Å². The van der Waals surface area contributed by atoms with Gasteiger partial charge in [-0.25, -0.2) is 9.89 Å². The van der Waals surface area contributed by atoms with Crippen molar-refractivity contribution in [3.63, 3.8) is 0 Å². The van der Waals surface area contributed by atoms with Crippen molar-refractivity contribution in [2.24, 2.45) is 0 Å². The van der Waals surface area contributed by atoms with Gasteiger partial charge in [0.2, 0.25) is 0 Å². The van der Waals surface area contributed by atoms with E-state index in [1.807, 2.05) is 30.3 Å². The lowest BCUT2D eigenvalue weighted by atomic mass is 10.1. The molecule has 1 heterocycles. The first-order valence-corrected chi connectivity index (χ1v) is 7.63. The van der Waals surface area contributed by atoms with E-state index in [1.54, 1.807) is 4.57 Å². The van der Waals surface area contributed by atoms with E-state index in [2.05, 4.69) is 10.2 Å². The quantitative estimate of drug-likeness (QED) is 0.799. The molecule has 1 atom stereocenters. The van der Waals surface area contributed by atoms with Crippen LogP contribution in [-0.2, 0) is 4.79 Å². The number of H-pyrrole nitrogens is 1. The number of carboxylic acid groups (broad SMARTS) is 1. The third kappa shape index (κ3) is 3.18. The number of hydrogen-bond acceptors (Lipinski definition) is 4. The van der Waals surface area contributed by atoms with Crippen LogP contribution < -0.4 is 5.69 Å². The van der Waals surface area contributed by atoms with Gasteiger partial charge in [-0.1, -0.05) is 42.1 Å². The third-order valence-electron chi connectivity index (χ3n) is 3.36. The number of carboxylic acids is 1. The lowest BCUT2D eigenvalue weighted by Crippen LogP contribution is -2.16. The van der Waals surface area contributed by atoms with Crippen LogP contribution in [-0.4, -0.2) is 25.8 Å². The number of benzene rings is 1. The highest BCUT2D eigenvalue weighted by atomic mass is 32.2. The van der Waals surface area contributed by atoms with Gasteiger partial charge in [-0.15, -0.1) is 5.10 Å². The predicted molar refractivity (Wildman–Crippen MR) is 78.4 cm³/mol. The molecule has 21 heavy (non-hydrogen) atoms. The van der Waals surface area contributed by atoms with E-state index in [-0.39, 0.29) is 23.4 Å². The van der Waals surface area contributed by atoms with Gasteiger partial charge in [0.05, 0.1) is 6.42 Å². The van der Waals surface area contributed by atoms with Crippen LogP contribution in [0, 0.1) is 0 Å². The monoisotopic (exact) mass is 305 g/mol. The minimum atomic E-state index is -0.868. The molecule has 2 N–H and O–H groups in total. The Morgan fingerprint density at radius 2 is 2.14 bits per heavy atom. The molecule has 0 saturated heterocycles. The van der Waals surface area contributed by atoms with Crippen LogP contribution in [0.1, 0.15) is 36.1 Å². The number of nitrogens with one attached hydrogen (secondary N) is 1. The number of aromatic amines is 1. The summed E-state index contributed by atoms with van der Waals surface area (Å²) in [5.41, 5.74) is 0.699. The highest BCUT2D eigenvalue weighted by molar-refractivity contribution is 7.99. The highest BCUT2D eigenvalue weighted by Gasteiger charge is 2.30. The van der Waals surface area contributed by atoms with Crippen molar-refractivity contribution >= 4 is 17.7 Å². The molecule has 0 radical (unpaired) electrons. The minimum absolute atomic E-state index is 0.0135. The van der Waals surface area contributed by atoms with E-state index < -0.39 is 5.97 Å². The van der Waals surface area contributed by atoms with Crippen molar-refractivity contribution in [1.82, 2.24) is 14.8 Å². The van der Waals surface area contributed by atoms with Crippen molar-refractivity contribution < 1.29 is 9.90 Å². The van der Waals surface area contributed by atoms with Crippen LogP contribution in [0.25, 0.3) is 0 Å². The number of aromatic nitrogens is 3. The minimum Gasteiger partial charge on any atom is -0.481 e. The standard InChI is InChI=1S/C14H15N3O3S/c18-12(19)8-11(9-4-2-1-3-5-9)21-14-16-15-13(20)17(14)10-6-7-10/h1-5,10-11H,6-8H2,(H,15,20)(H,18,19). The van der Waals surface area contributed by atoms with E-state index in [0.29, 0.717) is 5.16 Å². The zero-order chi connectivity index (χ0) is 14.8. The first kappa shape index (κ1) is 13.9. The van der Waals surface area contributed by atoms with Crippen molar-refractivity contribution in [2.45, 2.75) is 35.7 Å². The van der Waals surface area contributed by atoms with E-state index >= 15 is 0 Å². The fourth-order valence-corrected chi connectivity index (χ4v) is 3.43. The molecule has 0 aliphatic heterocycles. The molecule has 0 bridgehead atoms. The summed E-state index contributed by atoms with van der Waals surface area (Å²) >= 11 is 1.33. The van der Waals surface area contributed by atoms with Gasteiger partial charge in [0.15, 0.2) is 5.16 Å². The molecule has 110 valence electrons. The summed E-state index contributed by atoms with van der Waals surface area (Å²) in [5.74, 6) is -0.868. The molecule has 0 spiro atoms. The first-order chi connectivity index (χ1) is 10.1. The number of hydrogen-bond donors (Lipinski definition) is 2. The molecule has 1 aromatic heterocycles. The second-order valence-electron chi connectivity index (χ2n) is 5.03. The summed E-state index contributed by atoms with van der Waals surface area (Å²) in [6.07, 6.45) is 1.93. The Hall–Kier alpha value is -2.02. The second kappa shape index (κ2) is 5.77. The van der Waals surface area contributed by atoms with Crippen LogP contribution in [0.3, 0.4) is 0 Å². The molecule has 1 aliphatic rings. The molecule has 1 fully saturated rings. The van der Waals surface area contributed by atoms with E-state index in [1.165, 1.54) is 11.8 Å². The lowest BCUT2D eigenvalue weighted by Gasteiger charge is -2.14. The largest absolute Gasteiger partial charge is 0.481 e. The Balaban J connectivity index is 1.88. The topological polar surface area (TPSA) is 88.0 Å². The number of rotatable bonds is 6. The highest BCUT2D eigenvalue weighted by Crippen LogP contribution is 2.41. The summed E-state index contributed by atoms with van der Waals surface area (Å²) in [6.45, 7) is 0. The normalized spacial score (nSPS) is 15.8. The maximum absolute atomic E-state index is 11.8. The van der Waals surface area contributed by atoms with Crippen LogP contribution in [0.2, 0.25) is 0 Å². The van der Waals surface area contributed by atoms with Crippen LogP contribution in [0.5, 0.6) is 0 Å². The zero-order valence-electron chi connectivity index (χ0n) is 11.2. The fourth-order valence-electron chi connectivity index (χ4n) is 2.21. The second-order valence-corrected chi connectivity index (χ2v) is 6.20. The van der Waals surface area contributed by atoms with Gasteiger partial charge in [-0.2, -0.15) is 0 Å². The summed E-state index contributed by atoms with van der Waals surface area (Å²) in [7, 11) is 0. The van der Waals surface area contributed by atoms with E-state index in [0.717, 1.165) is 18.4 Å². The Labute approximate surface area is 125 Å². The van der Waals surface area contributed by atoms with Crippen molar-refractivity contribution in [2.75, 3.05) is 0 Å². The van der Waals surface area contributed by atoms with Crippen molar-refractivity contribution in [3.8, 4) is 0 Å². The van der Waals surface area contributed by atoms with Gasteiger partial charge in [-0.3, -0.25) is 9.36 Å². The number of nitrogens with zero attached hydrogens (tertiary/aromatic N) is 2. The maximum Gasteiger partial charge on any atom is 0.344 e. The third-order valence-corrected chi connectivity index (χ3v) is 4.59. The molecule has 6 nitrogen and oxygen atoms in total. The zero-order valence-corrected chi connectivity index (χ0v) is 12.0. The molecule has 2 aromatic rings. The van der Waals surface area contributed by atoms with Gasteiger partial charge in [-0.05, 0) is 18.4 Å². The smallest absolute Gasteiger partial charge is 0.344 e. The lowest BCUT2D eigenvalue weighted by molar-refractivity contribution is -0.137. The van der Waals surface area contributed by atoms with Gasteiger partial charge >= 0.3 is 11.7 Å². The maximum atomic E-state index is 11.8. The first-order valence-electron chi connectivity index (χ1n) is 6.75. The van der Waals surface area contributed by atoms with Gasteiger partial charge < -0.3 is 5.11 Å². The molecule has 3 rings (SSSR count). The van der Waals surface area contributed by atoms with Gasteiger partial charge in [0.1, 0.15) is 0 Å². The Morgan fingerprint density at radius 1 is 1.43 bits per heavy atom. The molecule has 7 heteroatoms. The van der Waals surface area contributed by atoms with Crippen LogP contribution >= 0.6 is 11.8 Å². The summed E-state index contributed by atoms with van der Waals surface area (Å²) < 4.78 is 1.64. The van der Waals surface area contributed by atoms with E-state index in [4.69, 9.17) is 5.11 Å². The summed E-state index contributed by atoms with van der Waals surface area (Å²) in [6, 6.07) is 9.65. The molecule has 1 aliphatic carbocycles. The Kier molecular flexibility index (Phi) is 3.83. The predicted octanol–water partition coefficient (Wildman–Crippen LogP) is 2.21. The average Bonchev–Trinajstić information content (AvgIpc) is 3.23.